The van der Waals surface area contributed by atoms with Crippen LogP contribution < -0.4 is 4.74 Å². The molecule has 21 heavy (non-hydrogen) atoms. The summed E-state index contributed by atoms with van der Waals surface area (Å²) in [6, 6.07) is 8.32. The number of ether oxygens (including phenoxy) is 1. The number of thioether (sulfide) groups is 1. The van der Waals surface area contributed by atoms with Crippen LogP contribution in [0.5, 0.6) is 5.75 Å². The SMILES string of the molecule is O=C(O)c1cccc(OCCCCSc2ncccn2)c1. The number of rotatable bonds is 8. The van der Waals surface area contributed by atoms with Crippen molar-refractivity contribution in [3.8, 4) is 5.75 Å². The number of carboxylic acid groups (broad SMARTS) is 1. The second-order valence-electron chi connectivity index (χ2n) is 4.27. The molecule has 5 nitrogen and oxygen atoms in total. The van der Waals surface area contributed by atoms with E-state index in [1.54, 1.807) is 48.4 Å². The van der Waals surface area contributed by atoms with Gasteiger partial charge in [0.25, 0.3) is 0 Å². The highest BCUT2D eigenvalue weighted by atomic mass is 32.2. The molecule has 0 atom stereocenters. The molecule has 110 valence electrons. The number of nitrogens with zero attached hydrogens (tertiary/aromatic N) is 2. The molecule has 1 aromatic heterocycles. The van der Waals surface area contributed by atoms with Crippen LogP contribution in [0.4, 0.5) is 0 Å². The summed E-state index contributed by atoms with van der Waals surface area (Å²) in [5.41, 5.74) is 0.240. The van der Waals surface area contributed by atoms with Crippen molar-refractivity contribution in [2.75, 3.05) is 12.4 Å². The van der Waals surface area contributed by atoms with E-state index in [4.69, 9.17) is 9.84 Å². The van der Waals surface area contributed by atoms with Crippen molar-refractivity contribution in [3.63, 3.8) is 0 Å². The lowest BCUT2D eigenvalue weighted by Gasteiger charge is -2.06. The van der Waals surface area contributed by atoms with Crippen molar-refractivity contribution in [2.24, 2.45) is 0 Å². The van der Waals surface area contributed by atoms with Gasteiger partial charge in [0.1, 0.15) is 5.75 Å². The molecule has 0 aliphatic heterocycles. The minimum atomic E-state index is -0.945. The number of aromatic nitrogens is 2. The molecular weight excluding hydrogens is 288 g/mol. The molecule has 0 aliphatic rings. The van der Waals surface area contributed by atoms with E-state index in [2.05, 4.69) is 9.97 Å². The summed E-state index contributed by atoms with van der Waals surface area (Å²) >= 11 is 1.62. The number of carboxylic acids is 1. The first kappa shape index (κ1) is 15.3. The van der Waals surface area contributed by atoms with E-state index in [-0.39, 0.29) is 5.56 Å². The maximum absolute atomic E-state index is 10.8. The average molecular weight is 304 g/mol. The van der Waals surface area contributed by atoms with Crippen molar-refractivity contribution >= 4 is 17.7 Å². The standard InChI is InChI=1S/C15H16N2O3S/c18-14(19)12-5-3-6-13(11-12)20-9-1-2-10-21-15-16-7-4-8-17-15/h3-8,11H,1-2,9-10H2,(H,18,19). The van der Waals surface area contributed by atoms with Crippen LogP contribution in [0.25, 0.3) is 0 Å². The van der Waals surface area contributed by atoms with E-state index in [1.165, 1.54) is 6.07 Å². The second kappa shape index (κ2) is 8.26. The van der Waals surface area contributed by atoms with Gasteiger partial charge in [0.05, 0.1) is 12.2 Å². The largest absolute Gasteiger partial charge is 0.494 e. The van der Waals surface area contributed by atoms with Crippen molar-refractivity contribution in [1.29, 1.82) is 0 Å². The Morgan fingerprint density at radius 3 is 2.76 bits per heavy atom. The van der Waals surface area contributed by atoms with Gasteiger partial charge in [-0.3, -0.25) is 0 Å². The monoisotopic (exact) mass is 304 g/mol. The van der Waals surface area contributed by atoms with Gasteiger partial charge in [0.15, 0.2) is 5.16 Å². The first-order chi connectivity index (χ1) is 10.3. The minimum absolute atomic E-state index is 0.240. The van der Waals surface area contributed by atoms with Crippen molar-refractivity contribution in [2.45, 2.75) is 18.0 Å². The van der Waals surface area contributed by atoms with Crippen LogP contribution in [0.2, 0.25) is 0 Å². The summed E-state index contributed by atoms with van der Waals surface area (Å²) < 4.78 is 5.55. The Morgan fingerprint density at radius 1 is 1.19 bits per heavy atom. The minimum Gasteiger partial charge on any atom is -0.494 e. The summed E-state index contributed by atoms with van der Waals surface area (Å²) in [7, 11) is 0. The molecule has 1 N–H and O–H groups in total. The lowest BCUT2D eigenvalue weighted by atomic mass is 10.2. The zero-order chi connectivity index (χ0) is 14.9. The number of aromatic carboxylic acids is 1. The number of benzene rings is 1. The first-order valence-corrected chi connectivity index (χ1v) is 7.60. The molecule has 0 amide bonds. The Bertz CT molecular complexity index is 578. The fourth-order valence-corrected chi connectivity index (χ4v) is 2.44. The third-order valence-electron chi connectivity index (χ3n) is 2.66. The van der Waals surface area contributed by atoms with Gasteiger partial charge in [0, 0.05) is 18.1 Å². The van der Waals surface area contributed by atoms with Gasteiger partial charge < -0.3 is 9.84 Å². The van der Waals surface area contributed by atoms with E-state index in [0.717, 1.165) is 23.8 Å². The van der Waals surface area contributed by atoms with Crippen LogP contribution in [0, 0.1) is 0 Å². The van der Waals surface area contributed by atoms with Gasteiger partial charge in [-0.15, -0.1) is 0 Å². The van der Waals surface area contributed by atoms with Crippen LogP contribution in [-0.4, -0.2) is 33.4 Å². The van der Waals surface area contributed by atoms with Crippen molar-refractivity contribution in [3.05, 3.63) is 48.3 Å². The molecule has 0 spiro atoms. The molecule has 2 aromatic rings. The topological polar surface area (TPSA) is 72.3 Å². The highest BCUT2D eigenvalue weighted by Crippen LogP contribution is 2.15. The lowest BCUT2D eigenvalue weighted by Crippen LogP contribution is -2.00. The Balaban J connectivity index is 1.64. The molecule has 0 bridgehead atoms. The van der Waals surface area contributed by atoms with Gasteiger partial charge in [-0.2, -0.15) is 0 Å². The fourth-order valence-electron chi connectivity index (χ4n) is 1.64. The number of hydrogen-bond donors (Lipinski definition) is 1. The van der Waals surface area contributed by atoms with E-state index in [0.29, 0.717) is 12.4 Å². The maximum Gasteiger partial charge on any atom is 0.335 e. The third kappa shape index (κ3) is 5.43. The first-order valence-electron chi connectivity index (χ1n) is 6.61. The number of hydrogen-bond acceptors (Lipinski definition) is 5. The predicted molar refractivity (Wildman–Crippen MR) is 80.9 cm³/mol. The Morgan fingerprint density at radius 2 is 2.00 bits per heavy atom. The quantitative estimate of drug-likeness (QED) is 0.459. The summed E-state index contributed by atoms with van der Waals surface area (Å²) in [6.45, 7) is 0.569. The molecule has 0 saturated carbocycles. The van der Waals surface area contributed by atoms with Gasteiger partial charge in [-0.1, -0.05) is 17.8 Å². The van der Waals surface area contributed by atoms with Crippen LogP contribution in [-0.2, 0) is 0 Å². The van der Waals surface area contributed by atoms with E-state index < -0.39 is 5.97 Å². The number of carbonyl (C=O) groups is 1. The molecule has 0 fully saturated rings. The second-order valence-corrected chi connectivity index (χ2v) is 5.33. The molecule has 6 heteroatoms. The van der Waals surface area contributed by atoms with E-state index >= 15 is 0 Å². The van der Waals surface area contributed by atoms with Crippen molar-refractivity contribution in [1.82, 2.24) is 9.97 Å². The molecule has 0 unspecified atom stereocenters. The van der Waals surface area contributed by atoms with Gasteiger partial charge in [0.2, 0.25) is 0 Å². The Kier molecular flexibility index (Phi) is 6.02. The highest BCUT2D eigenvalue weighted by Gasteiger charge is 2.03. The summed E-state index contributed by atoms with van der Waals surface area (Å²) in [4.78, 5) is 19.1. The van der Waals surface area contributed by atoms with Gasteiger partial charge in [-0.05, 0) is 37.1 Å². The van der Waals surface area contributed by atoms with Gasteiger partial charge >= 0.3 is 5.97 Å². The van der Waals surface area contributed by atoms with Gasteiger partial charge in [-0.25, -0.2) is 14.8 Å². The molecule has 0 aliphatic carbocycles. The molecule has 2 rings (SSSR count). The number of unbranched alkanes of at least 4 members (excludes halogenated alkanes) is 1. The predicted octanol–water partition coefficient (Wildman–Crippen LogP) is 3.13. The summed E-state index contributed by atoms with van der Waals surface area (Å²) in [6.07, 6.45) is 5.35. The van der Waals surface area contributed by atoms with Crippen LogP contribution in [0.15, 0.2) is 47.9 Å². The summed E-state index contributed by atoms with van der Waals surface area (Å²) in [5.74, 6) is 0.580. The maximum atomic E-state index is 10.8. The molecule has 1 aromatic carbocycles. The average Bonchev–Trinajstić information content (AvgIpc) is 2.52. The van der Waals surface area contributed by atoms with Crippen LogP contribution >= 0.6 is 11.8 Å². The fraction of sp³-hybridized carbons (Fsp3) is 0.267. The Labute approximate surface area is 127 Å². The van der Waals surface area contributed by atoms with E-state index in [1.807, 2.05) is 0 Å². The summed E-state index contributed by atoms with van der Waals surface area (Å²) in [5, 5.41) is 9.67. The van der Waals surface area contributed by atoms with Crippen LogP contribution in [0.1, 0.15) is 23.2 Å². The molecule has 0 radical (unpaired) electrons. The van der Waals surface area contributed by atoms with Crippen LogP contribution in [0.3, 0.4) is 0 Å². The normalized spacial score (nSPS) is 10.3. The highest BCUT2D eigenvalue weighted by molar-refractivity contribution is 7.99. The smallest absolute Gasteiger partial charge is 0.335 e. The molecular formula is C15H16N2O3S. The Hall–Kier alpha value is -2.08. The lowest BCUT2D eigenvalue weighted by molar-refractivity contribution is 0.0696. The molecule has 0 saturated heterocycles. The zero-order valence-electron chi connectivity index (χ0n) is 11.4. The van der Waals surface area contributed by atoms with Crippen molar-refractivity contribution < 1.29 is 14.6 Å². The van der Waals surface area contributed by atoms with E-state index in [9.17, 15) is 4.79 Å². The third-order valence-corrected chi connectivity index (χ3v) is 3.62. The zero-order valence-corrected chi connectivity index (χ0v) is 12.3. The molecule has 1 heterocycles.